The van der Waals surface area contributed by atoms with Crippen LogP contribution in [0.5, 0.6) is 0 Å². The molecule has 31 heavy (non-hydrogen) atoms. The number of hydrogen-bond acceptors (Lipinski definition) is 3. The van der Waals surface area contributed by atoms with E-state index in [1.54, 1.807) is 11.0 Å². The third-order valence-electron chi connectivity index (χ3n) is 6.10. The Labute approximate surface area is 182 Å². The van der Waals surface area contributed by atoms with Crippen molar-refractivity contribution < 1.29 is 4.79 Å². The monoisotopic (exact) mass is 410 g/mol. The van der Waals surface area contributed by atoms with Crippen LogP contribution in [0.4, 0.5) is 0 Å². The van der Waals surface area contributed by atoms with E-state index < -0.39 is 0 Å². The predicted molar refractivity (Wildman–Crippen MR) is 125 cm³/mol. The van der Waals surface area contributed by atoms with Crippen molar-refractivity contribution in [1.29, 1.82) is 0 Å². The summed E-state index contributed by atoms with van der Waals surface area (Å²) in [7, 11) is 1.92. The predicted octanol–water partition coefficient (Wildman–Crippen LogP) is 4.34. The lowest BCUT2D eigenvalue weighted by Gasteiger charge is -2.28. The van der Waals surface area contributed by atoms with Gasteiger partial charge in [0.05, 0.1) is 5.52 Å². The fourth-order valence-corrected chi connectivity index (χ4v) is 4.30. The van der Waals surface area contributed by atoms with Gasteiger partial charge in [0.15, 0.2) is 0 Å². The molecule has 0 radical (unpaired) electrons. The van der Waals surface area contributed by atoms with Gasteiger partial charge in [-0.05, 0) is 59.5 Å². The second-order valence-electron chi connectivity index (χ2n) is 8.13. The molecule has 0 bridgehead atoms. The second kappa shape index (κ2) is 8.00. The number of benzene rings is 1. The summed E-state index contributed by atoms with van der Waals surface area (Å²) in [6.07, 6.45) is 19.2. The maximum absolute atomic E-state index is 13.2. The van der Waals surface area contributed by atoms with E-state index in [2.05, 4.69) is 35.1 Å². The van der Waals surface area contributed by atoms with Gasteiger partial charge in [0.2, 0.25) is 0 Å². The van der Waals surface area contributed by atoms with Crippen LogP contribution >= 0.6 is 0 Å². The van der Waals surface area contributed by atoms with Gasteiger partial charge in [-0.15, -0.1) is 0 Å². The van der Waals surface area contributed by atoms with E-state index in [0.29, 0.717) is 0 Å². The van der Waals surface area contributed by atoms with Crippen LogP contribution in [0.25, 0.3) is 16.5 Å². The standard InChI is InChI=1S/C26H26N4O/c1-3-29-13-11-19(12-14-29)22-7-9-24-6-4-5-20(16-26(31)30(24)18-22)21-8-10-25-23(15-21)17-28(2)27-25/h4-11,15-18H,3,12-14H2,1-2H3/b5-4+,20-16+,24-6+. The highest BCUT2D eigenvalue weighted by Gasteiger charge is 2.21. The number of amides is 1. The van der Waals surface area contributed by atoms with Gasteiger partial charge in [0.1, 0.15) is 0 Å². The van der Waals surface area contributed by atoms with Crippen LogP contribution in [0.3, 0.4) is 0 Å². The molecular formula is C26H26N4O. The highest BCUT2D eigenvalue weighted by molar-refractivity contribution is 6.00. The number of nitrogens with zero attached hydrogens (tertiary/aromatic N) is 4. The smallest absolute Gasteiger partial charge is 0.255 e. The highest BCUT2D eigenvalue weighted by Crippen LogP contribution is 2.29. The fraction of sp³-hybridized carbons (Fsp3) is 0.231. The maximum atomic E-state index is 13.2. The summed E-state index contributed by atoms with van der Waals surface area (Å²) in [4.78, 5) is 17.4. The van der Waals surface area contributed by atoms with Crippen molar-refractivity contribution >= 4 is 22.4 Å². The number of rotatable bonds is 3. The molecule has 0 fully saturated rings. The molecule has 1 amide bonds. The quantitative estimate of drug-likeness (QED) is 0.756. The van der Waals surface area contributed by atoms with Crippen LogP contribution in [0.2, 0.25) is 0 Å². The van der Waals surface area contributed by atoms with Crippen molar-refractivity contribution in [2.24, 2.45) is 7.05 Å². The number of allylic oxidation sites excluding steroid dienone is 7. The van der Waals surface area contributed by atoms with Crippen molar-refractivity contribution in [3.05, 3.63) is 95.5 Å². The minimum Gasteiger partial charge on any atom is -0.300 e. The lowest BCUT2D eigenvalue weighted by atomic mass is 9.96. The van der Waals surface area contributed by atoms with E-state index in [-0.39, 0.29) is 5.91 Å². The molecule has 1 aromatic carbocycles. The van der Waals surface area contributed by atoms with Gasteiger partial charge >= 0.3 is 0 Å². The zero-order valence-electron chi connectivity index (χ0n) is 18.0. The Morgan fingerprint density at radius 1 is 1.13 bits per heavy atom. The first-order chi connectivity index (χ1) is 15.1. The SMILES string of the molecule is CCN1CC=C(C2=CN3C(=O)\C=C(c4ccc5nn(C)cc5c4)/C=C/C=C/3C=C2)CC1. The molecule has 5 nitrogen and oxygen atoms in total. The molecule has 0 aliphatic carbocycles. The molecule has 5 rings (SSSR count). The van der Waals surface area contributed by atoms with Gasteiger partial charge in [0, 0.05) is 49.7 Å². The molecule has 0 saturated heterocycles. The molecule has 2 aromatic rings. The number of likely N-dealkylation sites (N-methyl/N-ethyl adjacent to an activating group) is 1. The normalized spacial score (nSPS) is 23.8. The zero-order valence-corrected chi connectivity index (χ0v) is 18.0. The minimum absolute atomic E-state index is 0.0367. The van der Waals surface area contributed by atoms with E-state index in [9.17, 15) is 4.79 Å². The third-order valence-corrected chi connectivity index (χ3v) is 6.10. The third kappa shape index (κ3) is 3.84. The summed E-state index contributed by atoms with van der Waals surface area (Å²) < 4.78 is 1.81. The Morgan fingerprint density at radius 2 is 2.03 bits per heavy atom. The summed E-state index contributed by atoms with van der Waals surface area (Å²) in [6, 6.07) is 6.11. The number of carbonyl (C=O) groups excluding carboxylic acids is 1. The van der Waals surface area contributed by atoms with E-state index in [4.69, 9.17) is 0 Å². The Kier molecular flexibility index (Phi) is 5.04. The molecule has 156 valence electrons. The highest BCUT2D eigenvalue weighted by atomic mass is 16.2. The Hall–Kier alpha value is -3.44. The summed E-state index contributed by atoms with van der Waals surface area (Å²) >= 11 is 0. The van der Waals surface area contributed by atoms with Gasteiger partial charge in [-0.25, -0.2) is 0 Å². The van der Waals surface area contributed by atoms with Gasteiger partial charge in [-0.2, -0.15) is 5.10 Å². The number of fused-ring (bicyclic) bond motifs is 2. The number of aryl methyl sites for hydroxylation is 1. The molecule has 0 unspecified atom stereocenters. The molecule has 5 heteroatoms. The average molecular weight is 411 g/mol. The van der Waals surface area contributed by atoms with Crippen LogP contribution in [0.1, 0.15) is 18.9 Å². The van der Waals surface area contributed by atoms with Gasteiger partial charge in [-0.3, -0.25) is 19.3 Å². The van der Waals surface area contributed by atoms with Gasteiger partial charge < -0.3 is 0 Å². The van der Waals surface area contributed by atoms with E-state index in [1.165, 1.54) is 5.57 Å². The minimum atomic E-state index is -0.0367. The van der Waals surface area contributed by atoms with E-state index in [1.807, 2.05) is 60.6 Å². The van der Waals surface area contributed by atoms with Gasteiger partial charge in [0.25, 0.3) is 5.91 Å². The first-order valence-corrected chi connectivity index (χ1v) is 10.8. The van der Waals surface area contributed by atoms with E-state index >= 15 is 0 Å². The first kappa shape index (κ1) is 19.5. The maximum Gasteiger partial charge on any atom is 0.255 e. The molecule has 4 heterocycles. The van der Waals surface area contributed by atoms with Crippen molar-refractivity contribution in [2.75, 3.05) is 19.6 Å². The van der Waals surface area contributed by atoms with Crippen LogP contribution < -0.4 is 0 Å². The molecule has 0 saturated carbocycles. The second-order valence-corrected chi connectivity index (χ2v) is 8.13. The van der Waals surface area contributed by atoms with Crippen LogP contribution in [-0.4, -0.2) is 45.1 Å². The number of hydrogen-bond donors (Lipinski definition) is 0. The number of carbonyl (C=O) groups is 1. The van der Waals surface area contributed by atoms with Crippen LogP contribution in [-0.2, 0) is 11.8 Å². The van der Waals surface area contributed by atoms with E-state index in [0.717, 1.165) is 59.4 Å². The molecule has 3 aliphatic rings. The average Bonchev–Trinajstić information content (AvgIpc) is 3.16. The summed E-state index contributed by atoms with van der Waals surface area (Å²) in [5.41, 5.74) is 6.18. The fourth-order valence-electron chi connectivity index (χ4n) is 4.30. The zero-order chi connectivity index (χ0) is 21.4. The van der Waals surface area contributed by atoms with Crippen LogP contribution in [0.15, 0.2) is 90.0 Å². The Bertz CT molecular complexity index is 1240. The Morgan fingerprint density at radius 3 is 2.84 bits per heavy atom. The van der Waals surface area contributed by atoms with Crippen molar-refractivity contribution in [2.45, 2.75) is 13.3 Å². The lowest BCUT2D eigenvalue weighted by molar-refractivity contribution is -0.122. The largest absolute Gasteiger partial charge is 0.300 e. The molecule has 0 N–H and O–H groups in total. The van der Waals surface area contributed by atoms with Crippen molar-refractivity contribution in [3.8, 4) is 0 Å². The van der Waals surface area contributed by atoms with Gasteiger partial charge in [-0.1, -0.05) is 37.3 Å². The molecule has 1 aromatic heterocycles. The molecule has 0 atom stereocenters. The Balaban J connectivity index is 1.46. The topological polar surface area (TPSA) is 41.4 Å². The van der Waals surface area contributed by atoms with Crippen molar-refractivity contribution in [1.82, 2.24) is 19.6 Å². The van der Waals surface area contributed by atoms with Crippen molar-refractivity contribution in [3.63, 3.8) is 0 Å². The van der Waals surface area contributed by atoms with Crippen LogP contribution in [0, 0.1) is 0 Å². The number of aromatic nitrogens is 2. The summed E-state index contributed by atoms with van der Waals surface area (Å²) in [6.45, 7) is 5.30. The molecular weight excluding hydrogens is 384 g/mol. The summed E-state index contributed by atoms with van der Waals surface area (Å²) in [5, 5.41) is 5.50. The molecule has 3 aliphatic heterocycles. The first-order valence-electron chi connectivity index (χ1n) is 10.8. The summed E-state index contributed by atoms with van der Waals surface area (Å²) in [5.74, 6) is -0.0367. The lowest BCUT2D eigenvalue weighted by Crippen LogP contribution is -2.30. The molecule has 0 spiro atoms.